The van der Waals surface area contributed by atoms with Crippen LogP contribution in [-0.2, 0) is 0 Å². The minimum atomic E-state index is 0.725. The first-order chi connectivity index (χ1) is 5.83. The predicted molar refractivity (Wildman–Crippen MR) is 60.9 cm³/mol. The zero-order valence-electron chi connectivity index (χ0n) is 9.19. The summed E-state index contributed by atoms with van der Waals surface area (Å²) >= 11 is 0. The van der Waals surface area contributed by atoms with Gasteiger partial charge in [0, 0.05) is 12.1 Å². The molecule has 1 rings (SSSR count). The van der Waals surface area contributed by atoms with Gasteiger partial charge in [0.15, 0.2) is 0 Å². The summed E-state index contributed by atoms with van der Waals surface area (Å²) in [6.07, 6.45) is 6.95. The van der Waals surface area contributed by atoms with E-state index in [9.17, 15) is 0 Å². The van der Waals surface area contributed by atoms with Crippen LogP contribution in [0.4, 0.5) is 0 Å². The Hall–Kier alpha value is 0.177. The van der Waals surface area contributed by atoms with Gasteiger partial charge >= 0.3 is 0 Å². The Morgan fingerprint density at radius 1 is 1.33 bits per heavy atom. The van der Waals surface area contributed by atoms with E-state index in [0.29, 0.717) is 0 Å². The quantitative estimate of drug-likeness (QED) is 0.664. The van der Waals surface area contributed by atoms with Gasteiger partial charge in [0.05, 0.1) is 0 Å². The summed E-state index contributed by atoms with van der Waals surface area (Å²) in [5, 5.41) is 3.63. The van der Waals surface area contributed by atoms with E-state index in [-0.39, 0.29) is 0 Å². The monoisotopic (exact) mass is 187 g/mol. The predicted octanol–water partition coefficient (Wildman–Crippen LogP) is 1.72. The number of hydrogen-bond acceptors (Lipinski definition) is 1. The number of nitrogens with one attached hydrogen (secondary N) is 1. The topological polar surface area (TPSA) is 12.0 Å². The second kappa shape index (κ2) is 7.81. The SMILES string of the molecule is CCC(C)NC1CCCC1.C[SiH3]. The molecular formula is C10H25NSi. The van der Waals surface area contributed by atoms with Gasteiger partial charge < -0.3 is 5.32 Å². The smallest absolute Gasteiger partial charge is 0.00695 e. The lowest BCUT2D eigenvalue weighted by molar-refractivity contribution is 0.442. The molecule has 0 radical (unpaired) electrons. The molecule has 74 valence electrons. The molecule has 1 saturated carbocycles. The standard InChI is InChI=1S/C9H19N.CH6Si/c1-3-8(2)10-9-6-4-5-7-9;1-2/h8-10H,3-7H2,1-2H3;1-2H3. The zero-order valence-corrected chi connectivity index (χ0v) is 11.2. The summed E-state index contributed by atoms with van der Waals surface area (Å²) < 4.78 is 0. The van der Waals surface area contributed by atoms with Crippen molar-refractivity contribution in [3.05, 3.63) is 0 Å². The van der Waals surface area contributed by atoms with E-state index < -0.39 is 0 Å². The Bertz CT molecular complexity index is 89.8. The van der Waals surface area contributed by atoms with Gasteiger partial charge in [0.25, 0.3) is 0 Å². The van der Waals surface area contributed by atoms with Crippen molar-refractivity contribution in [1.82, 2.24) is 5.32 Å². The first-order valence-electron chi connectivity index (χ1n) is 5.59. The Balaban J connectivity index is 0.000000561. The van der Waals surface area contributed by atoms with Crippen LogP contribution >= 0.6 is 0 Å². The molecule has 0 aliphatic heterocycles. The number of rotatable bonds is 3. The average Bonchev–Trinajstić information content (AvgIpc) is 2.60. The maximum atomic E-state index is 3.63. The van der Waals surface area contributed by atoms with Crippen molar-refractivity contribution in [3.8, 4) is 0 Å². The summed E-state index contributed by atoms with van der Waals surface area (Å²) in [6, 6.07) is 1.57. The number of hydrogen-bond donors (Lipinski definition) is 1. The molecule has 0 bridgehead atoms. The molecular weight excluding hydrogens is 162 g/mol. The van der Waals surface area contributed by atoms with E-state index in [1.165, 1.54) is 42.3 Å². The third-order valence-electron chi connectivity index (χ3n) is 2.49. The van der Waals surface area contributed by atoms with E-state index in [2.05, 4.69) is 25.7 Å². The fourth-order valence-electron chi connectivity index (χ4n) is 1.61. The van der Waals surface area contributed by atoms with Crippen molar-refractivity contribution in [3.63, 3.8) is 0 Å². The van der Waals surface area contributed by atoms with Gasteiger partial charge in [-0.25, -0.2) is 0 Å². The lowest BCUT2D eigenvalue weighted by Gasteiger charge is -2.16. The summed E-state index contributed by atoms with van der Waals surface area (Å²) in [7, 11) is 1.31. The van der Waals surface area contributed by atoms with E-state index in [1.807, 2.05) is 0 Å². The average molecular weight is 187 g/mol. The highest BCUT2D eigenvalue weighted by Crippen LogP contribution is 2.18. The molecule has 1 aliphatic carbocycles. The second-order valence-electron chi connectivity index (χ2n) is 3.46. The molecule has 1 N–H and O–H groups in total. The van der Waals surface area contributed by atoms with Gasteiger partial charge in [0.2, 0.25) is 0 Å². The second-order valence-corrected chi connectivity index (χ2v) is 3.46. The largest absolute Gasteiger partial charge is 0.312 e. The van der Waals surface area contributed by atoms with Crippen LogP contribution < -0.4 is 5.32 Å². The van der Waals surface area contributed by atoms with Crippen LogP contribution in [-0.4, -0.2) is 22.3 Å². The van der Waals surface area contributed by atoms with Crippen molar-refractivity contribution in [2.24, 2.45) is 0 Å². The third kappa shape index (κ3) is 4.94. The van der Waals surface area contributed by atoms with E-state index in [1.54, 1.807) is 0 Å². The lowest BCUT2D eigenvalue weighted by Crippen LogP contribution is -2.33. The first kappa shape index (κ1) is 12.2. The van der Waals surface area contributed by atoms with Gasteiger partial charge in [-0.3, -0.25) is 0 Å². The van der Waals surface area contributed by atoms with Crippen molar-refractivity contribution in [1.29, 1.82) is 0 Å². The van der Waals surface area contributed by atoms with Crippen LogP contribution in [0.5, 0.6) is 0 Å². The highest BCUT2D eigenvalue weighted by molar-refractivity contribution is 6.05. The Labute approximate surface area is 80.7 Å². The molecule has 0 heterocycles. The highest BCUT2D eigenvalue weighted by atomic mass is 28.1. The fourth-order valence-corrected chi connectivity index (χ4v) is 1.61. The van der Waals surface area contributed by atoms with Gasteiger partial charge in [0.1, 0.15) is 0 Å². The van der Waals surface area contributed by atoms with E-state index in [4.69, 9.17) is 0 Å². The molecule has 0 saturated heterocycles. The molecule has 0 spiro atoms. The molecule has 1 atom stereocenters. The molecule has 2 heteroatoms. The molecule has 1 unspecified atom stereocenters. The maximum Gasteiger partial charge on any atom is 0.00695 e. The van der Waals surface area contributed by atoms with Crippen LogP contribution in [0.1, 0.15) is 46.0 Å². The zero-order chi connectivity index (χ0) is 9.40. The van der Waals surface area contributed by atoms with Crippen molar-refractivity contribution in [2.45, 2.75) is 64.6 Å². The van der Waals surface area contributed by atoms with Gasteiger partial charge in [-0.1, -0.05) is 26.3 Å². The van der Waals surface area contributed by atoms with Crippen LogP contribution in [0.2, 0.25) is 6.55 Å². The molecule has 1 fully saturated rings. The summed E-state index contributed by atoms with van der Waals surface area (Å²) in [6.45, 7) is 6.66. The summed E-state index contributed by atoms with van der Waals surface area (Å²) in [5.41, 5.74) is 0. The van der Waals surface area contributed by atoms with E-state index >= 15 is 0 Å². The summed E-state index contributed by atoms with van der Waals surface area (Å²) in [5.74, 6) is 0. The molecule has 12 heavy (non-hydrogen) atoms. The summed E-state index contributed by atoms with van der Waals surface area (Å²) in [4.78, 5) is 0. The molecule has 0 aromatic rings. The highest BCUT2D eigenvalue weighted by Gasteiger charge is 2.15. The van der Waals surface area contributed by atoms with Crippen LogP contribution in [0.25, 0.3) is 0 Å². The Kier molecular flexibility index (Phi) is 7.92. The van der Waals surface area contributed by atoms with Crippen molar-refractivity contribution >= 4 is 10.2 Å². The van der Waals surface area contributed by atoms with Crippen molar-refractivity contribution < 1.29 is 0 Å². The first-order valence-corrected chi connectivity index (χ1v) is 7.59. The van der Waals surface area contributed by atoms with Crippen LogP contribution in [0.3, 0.4) is 0 Å². The van der Waals surface area contributed by atoms with Crippen LogP contribution in [0.15, 0.2) is 0 Å². The Morgan fingerprint density at radius 3 is 2.25 bits per heavy atom. The Morgan fingerprint density at radius 2 is 1.83 bits per heavy atom. The molecule has 0 aromatic carbocycles. The fraction of sp³-hybridized carbons (Fsp3) is 1.00. The van der Waals surface area contributed by atoms with Crippen LogP contribution in [0, 0.1) is 0 Å². The third-order valence-corrected chi connectivity index (χ3v) is 2.49. The molecule has 1 nitrogen and oxygen atoms in total. The van der Waals surface area contributed by atoms with E-state index in [0.717, 1.165) is 12.1 Å². The van der Waals surface area contributed by atoms with Crippen molar-refractivity contribution in [2.75, 3.05) is 0 Å². The molecule has 1 aliphatic rings. The minimum Gasteiger partial charge on any atom is -0.312 e. The lowest BCUT2D eigenvalue weighted by atomic mass is 10.2. The van der Waals surface area contributed by atoms with Gasteiger partial charge in [-0.2, -0.15) is 0 Å². The molecule has 0 amide bonds. The van der Waals surface area contributed by atoms with Gasteiger partial charge in [-0.05, 0) is 36.4 Å². The normalized spacial score (nSPS) is 20.2. The molecule has 0 aromatic heterocycles. The van der Waals surface area contributed by atoms with Gasteiger partial charge in [-0.15, -0.1) is 0 Å². The maximum absolute atomic E-state index is 3.63. The minimum absolute atomic E-state index is 0.725.